The summed E-state index contributed by atoms with van der Waals surface area (Å²) >= 11 is 0. The van der Waals surface area contributed by atoms with Gasteiger partial charge in [-0.15, -0.1) is 0 Å². The van der Waals surface area contributed by atoms with Crippen molar-refractivity contribution in [3.05, 3.63) is 87.0 Å². The van der Waals surface area contributed by atoms with Gasteiger partial charge in [0.1, 0.15) is 17.0 Å². The van der Waals surface area contributed by atoms with E-state index < -0.39 is 18.0 Å². The molecule has 4 rings (SSSR count). The Balaban J connectivity index is 1.54. The van der Waals surface area contributed by atoms with Gasteiger partial charge in [-0.1, -0.05) is 0 Å². The third-order valence-electron chi connectivity index (χ3n) is 5.72. The molecule has 0 aliphatic carbocycles. The number of aryl methyl sites for hydroxylation is 3. The van der Waals surface area contributed by atoms with Gasteiger partial charge in [0, 0.05) is 35.4 Å². The largest absolute Gasteiger partial charge is 0.467 e. The lowest BCUT2D eigenvalue weighted by Crippen LogP contribution is -2.23. The SMILES string of the molecule is CCn1cc(C(=O)OCC(=O)c2cc(C)n(Cc3ccco3)c2C)c(=O)c2ccc(C)nc21. The van der Waals surface area contributed by atoms with E-state index in [4.69, 9.17) is 9.15 Å². The first-order valence-corrected chi connectivity index (χ1v) is 10.7. The summed E-state index contributed by atoms with van der Waals surface area (Å²) in [4.78, 5) is 42.8. The molecule has 0 saturated heterocycles. The molecule has 0 atom stereocenters. The molecule has 0 aliphatic rings. The van der Waals surface area contributed by atoms with Gasteiger partial charge >= 0.3 is 5.97 Å². The molecule has 0 N–H and O–H groups in total. The zero-order valence-electron chi connectivity index (χ0n) is 19.0. The number of hydrogen-bond acceptors (Lipinski definition) is 6. The van der Waals surface area contributed by atoms with Gasteiger partial charge in [0.05, 0.1) is 18.2 Å². The summed E-state index contributed by atoms with van der Waals surface area (Å²) in [5, 5.41) is 0.338. The summed E-state index contributed by atoms with van der Waals surface area (Å²) in [6.07, 6.45) is 3.05. The molecule has 0 saturated carbocycles. The highest BCUT2D eigenvalue weighted by Crippen LogP contribution is 2.18. The molecule has 4 heterocycles. The minimum atomic E-state index is -0.831. The molecule has 0 amide bonds. The summed E-state index contributed by atoms with van der Waals surface area (Å²) in [6.45, 7) is 8.03. The van der Waals surface area contributed by atoms with Crippen molar-refractivity contribution in [3.8, 4) is 0 Å². The number of nitrogens with zero attached hydrogens (tertiary/aromatic N) is 3. The summed E-state index contributed by atoms with van der Waals surface area (Å²) < 4.78 is 14.3. The molecular formula is C25H25N3O5. The Morgan fingerprint density at radius 1 is 1.12 bits per heavy atom. The van der Waals surface area contributed by atoms with Gasteiger partial charge in [-0.05, 0) is 58.0 Å². The molecule has 0 fully saturated rings. The third-order valence-corrected chi connectivity index (χ3v) is 5.72. The van der Waals surface area contributed by atoms with E-state index in [0.29, 0.717) is 29.7 Å². The van der Waals surface area contributed by atoms with E-state index in [1.807, 2.05) is 44.4 Å². The number of Topliss-reactive ketones (excluding diaryl/α,β-unsaturated/α-hetero) is 1. The van der Waals surface area contributed by atoms with Crippen LogP contribution in [0.25, 0.3) is 11.0 Å². The molecular weight excluding hydrogens is 422 g/mol. The topological polar surface area (TPSA) is 96.3 Å². The molecule has 4 aromatic heterocycles. The predicted octanol–water partition coefficient (Wildman–Crippen LogP) is 3.82. The van der Waals surface area contributed by atoms with Crippen LogP contribution in [0.3, 0.4) is 0 Å². The second kappa shape index (κ2) is 8.90. The van der Waals surface area contributed by atoms with E-state index in [2.05, 4.69) is 4.98 Å². The van der Waals surface area contributed by atoms with Gasteiger partial charge in [0.2, 0.25) is 11.2 Å². The van der Waals surface area contributed by atoms with Crippen LogP contribution < -0.4 is 5.43 Å². The first-order valence-electron chi connectivity index (χ1n) is 10.7. The summed E-state index contributed by atoms with van der Waals surface area (Å²) in [5.41, 5.74) is 2.82. The zero-order chi connectivity index (χ0) is 23.7. The fraction of sp³-hybridized carbons (Fsp3) is 0.280. The Morgan fingerprint density at radius 2 is 1.91 bits per heavy atom. The molecule has 8 heteroatoms. The van der Waals surface area contributed by atoms with Crippen molar-refractivity contribution in [2.24, 2.45) is 0 Å². The monoisotopic (exact) mass is 447 g/mol. The summed E-state index contributed by atoms with van der Waals surface area (Å²) in [6, 6.07) is 8.82. The number of hydrogen-bond donors (Lipinski definition) is 0. The molecule has 0 spiro atoms. The Bertz CT molecular complexity index is 1410. The quantitative estimate of drug-likeness (QED) is 0.316. The first kappa shape index (κ1) is 22.3. The lowest BCUT2D eigenvalue weighted by atomic mass is 10.1. The average molecular weight is 447 g/mol. The van der Waals surface area contributed by atoms with Crippen LogP contribution in [0.5, 0.6) is 0 Å². The highest BCUT2D eigenvalue weighted by molar-refractivity contribution is 6.01. The third kappa shape index (κ3) is 4.24. The van der Waals surface area contributed by atoms with E-state index in [9.17, 15) is 14.4 Å². The van der Waals surface area contributed by atoms with Crippen LogP contribution in [0, 0.1) is 20.8 Å². The second-order valence-electron chi connectivity index (χ2n) is 7.93. The number of ketones is 1. The highest BCUT2D eigenvalue weighted by Gasteiger charge is 2.21. The van der Waals surface area contributed by atoms with Gasteiger partial charge in [-0.3, -0.25) is 9.59 Å². The van der Waals surface area contributed by atoms with Crippen molar-refractivity contribution in [1.29, 1.82) is 0 Å². The van der Waals surface area contributed by atoms with Crippen molar-refractivity contribution >= 4 is 22.8 Å². The van der Waals surface area contributed by atoms with E-state index in [1.165, 1.54) is 6.20 Å². The van der Waals surface area contributed by atoms with Crippen LogP contribution in [0.15, 0.2) is 52.0 Å². The van der Waals surface area contributed by atoms with Crippen molar-refractivity contribution in [2.45, 2.75) is 40.8 Å². The molecule has 0 unspecified atom stereocenters. The maximum Gasteiger partial charge on any atom is 0.344 e. The van der Waals surface area contributed by atoms with E-state index >= 15 is 0 Å². The molecule has 0 bridgehead atoms. The van der Waals surface area contributed by atoms with E-state index in [-0.39, 0.29) is 11.3 Å². The number of carbonyl (C=O) groups is 2. The Hall–Kier alpha value is -3.94. The number of fused-ring (bicyclic) bond motifs is 1. The number of rotatable bonds is 7. The maximum atomic E-state index is 12.9. The van der Waals surface area contributed by atoms with Gasteiger partial charge in [0.25, 0.3) is 0 Å². The van der Waals surface area contributed by atoms with Crippen LogP contribution in [-0.2, 0) is 17.8 Å². The Kier molecular flexibility index (Phi) is 6.00. The van der Waals surface area contributed by atoms with Crippen LogP contribution >= 0.6 is 0 Å². The number of furan rings is 1. The molecule has 4 aromatic rings. The van der Waals surface area contributed by atoms with Crippen LogP contribution in [0.1, 0.15) is 50.5 Å². The molecule has 33 heavy (non-hydrogen) atoms. The van der Waals surface area contributed by atoms with E-state index in [0.717, 1.165) is 22.8 Å². The fourth-order valence-corrected chi connectivity index (χ4v) is 3.92. The Morgan fingerprint density at radius 3 is 2.61 bits per heavy atom. The number of ether oxygens (including phenoxy) is 1. The molecule has 170 valence electrons. The van der Waals surface area contributed by atoms with Gasteiger partial charge in [-0.25, -0.2) is 9.78 Å². The smallest absolute Gasteiger partial charge is 0.344 e. The zero-order valence-corrected chi connectivity index (χ0v) is 19.0. The maximum absolute atomic E-state index is 12.9. The van der Waals surface area contributed by atoms with Crippen molar-refractivity contribution in [3.63, 3.8) is 0 Å². The van der Waals surface area contributed by atoms with Gasteiger partial charge in [-0.2, -0.15) is 0 Å². The van der Waals surface area contributed by atoms with Crippen LogP contribution in [0.2, 0.25) is 0 Å². The van der Waals surface area contributed by atoms with Gasteiger partial charge < -0.3 is 18.3 Å². The van der Waals surface area contributed by atoms with E-state index in [1.54, 1.807) is 29.0 Å². The second-order valence-corrected chi connectivity index (χ2v) is 7.93. The predicted molar refractivity (Wildman–Crippen MR) is 123 cm³/mol. The number of esters is 1. The number of pyridine rings is 2. The molecule has 0 aliphatic heterocycles. The van der Waals surface area contributed by atoms with Crippen molar-refractivity contribution in [1.82, 2.24) is 14.1 Å². The lowest BCUT2D eigenvalue weighted by molar-refractivity contribution is 0.0472. The fourth-order valence-electron chi connectivity index (χ4n) is 3.92. The van der Waals surface area contributed by atoms with Crippen LogP contribution in [-0.4, -0.2) is 32.5 Å². The average Bonchev–Trinajstić information content (AvgIpc) is 3.41. The first-order chi connectivity index (χ1) is 15.8. The standard InChI is InChI=1S/C25H25N3O5/c1-5-27-13-21(23(30)19-9-8-15(2)26-24(19)27)25(31)33-14-22(29)20-11-16(3)28(17(20)4)12-18-7-6-10-32-18/h6-11,13H,5,12,14H2,1-4H3. The summed E-state index contributed by atoms with van der Waals surface area (Å²) in [5.74, 6) is -0.395. The molecule has 0 radical (unpaired) electrons. The highest BCUT2D eigenvalue weighted by atomic mass is 16.5. The van der Waals surface area contributed by atoms with Crippen molar-refractivity contribution < 1.29 is 18.7 Å². The normalized spacial score (nSPS) is 11.2. The minimum Gasteiger partial charge on any atom is -0.467 e. The molecule has 0 aromatic carbocycles. The molecule has 8 nitrogen and oxygen atoms in total. The van der Waals surface area contributed by atoms with Crippen LogP contribution in [0.4, 0.5) is 0 Å². The number of aromatic nitrogens is 3. The number of carbonyl (C=O) groups excluding carboxylic acids is 2. The van der Waals surface area contributed by atoms with Crippen molar-refractivity contribution in [2.75, 3.05) is 6.61 Å². The lowest BCUT2D eigenvalue weighted by Gasteiger charge is -2.11. The minimum absolute atomic E-state index is 0.119. The van der Waals surface area contributed by atoms with Gasteiger partial charge in [0.15, 0.2) is 6.61 Å². The summed E-state index contributed by atoms with van der Waals surface area (Å²) in [7, 11) is 0. The Labute approximate surface area is 190 Å².